The van der Waals surface area contributed by atoms with E-state index < -0.39 is 9.84 Å². The van der Waals surface area contributed by atoms with Gasteiger partial charge in [-0.3, -0.25) is 4.79 Å². The molecule has 0 bridgehead atoms. The average molecular weight is 591 g/mol. The van der Waals surface area contributed by atoms with Crippen LogP contribution in [0.3, 0.4) is 0 Å². The molecule has 0 amide bonds. The fourth-order valence-electron chi connectivity index (χ4n) is 4.24. The van der Waals surface area contributed by atoms with Gasteiger partial charge in [-0.25, -0.2) is 13.4 Å². The molecule has 0 atom stereocenters. The third kappa shape index (κ3) is 7.30. The van der Waals surface area contributed by atoms with Crippen molar-refractivity contribution in [1.29, 1.82) is 0 Å². The van der Waals surface area contributed by atoms with Gasteiger partial charge in [0, 0.05) is 55.7 Å². The Bertz CT molecular complexity index is 1390. The summed E-state index contributed by atoms with van der Waals surface area (Å²) in [6, 6.07) is 12.2. The Labute approximate surface area is 225 Å². The maximum Gasteiger partial charge on any atom is 0.274 e. The highest BCUT2D eigenvalue weighted by atomic mass is 79.9. The van der Waals surface area contributed by atoms with E-state index in [9.17, 15) is 13.2 Å². The van der Waals surface area contributed by atoms with E-state index in [4.69, 9.17) is 0 Å². The van der Waals surface area contributed by atoms with Crippen molar-refractivity contribution in [3.05, 3.63) is 63.6 Å². The highest BCUT2D eigenvalue weighted by Crippen LogP contribution is 2.26. The fourth-order valence-corrected chi connectivity index (χ4v) is 5.06. The van der Waals surface area contributed by atoms with Crippen molar-refractivity contribution < 1.29 is 8.42 Å². The Morgan fingerprint density at radius 3 is 2.46 bits per heavy atom. The lowest BCUT2D eigenvalue weighted by molar-refractivity contribution is 0.249. The first kappa shape index (κ1) is 27.1. The molecule has 0 saturated carbocycles. The van der Waals surface area contributed by atoms with Crippen LogP contribution in [-0.2, 0) is 16.4 Å². The molecule has 0 spiro atoms. The van der Waals surface area contributed by atoms with Crippen molar-refractivity contribution in [3.8, 4) is 0 Å². The van der Waals surface area contributed by atoms with Crippen LogP contribution in [0.2, 0.25) is 0 Å². The van der Waals surface area contributed by atoms with Gasteiger partial charge in [0.1, 0.15) is 15.5 Å². The highest BCUT2D eigenvalue weighted by Gasteiger charge is 2.20. The molecule has 3 heterocycles. The fraction of sp³-hybridized carbons (Fsp3) is 0.400. The highest BCUT2D eigenvalue weighted by molar-refractivity contribution is 9.10. The van der Waals surface area contributed by atoms with E-state index in [1.165, 1.54) is 10.3 Å². The summed E-state index contributed by atoms with van der Waals surface area (Å²) >= 11 is 3.43. The lowest BCUT2D eigenvalue weighted by Gasteiger charge is -2.36. The van der Waals surface area contributed by atoms with Gasteiger partial charge in [-0.1, -0.05) is 0 Å². The monoisotopic (exact) mass is 589 g/mol. The Morgan fingerprint density at radius 1 is 1.11 bits per heavy atom. The Kier molecular flexibility index (Phi) is 8.50. The minimum Gasteiger partial charge on any atom is -0.371 e. The molecule has 1 aliphatic rings. The molecule has 37 heavy (non-hydrogen) atoms. The van der Waals surface area contributed by atoms with E-state index in [2.05, 4.69) is 72.6 Å². The van der Waals surface area contributed by atoms with Crippen molar-refractivity contribution in [2.24, 2.45) is 0 Å². The van der Waals surface area contributed by atoms with Gasteiger partial charge >= 0.3 is 0 Å². The number of rotatable bonds is 9. The Hall–Kier alpha value is -2.96. The van der Waals surface area contributed by atoms with Crippen LogP contribution in [0.5, 0.6) is 0 Å². The molecule has 2 aromatic heterocycles. The first-order valence-corrected chi connectivity index (χ1v) is 14.9. The van der Waals surface area contributed by atoms with Gasteiger partial charge in [0.15, 0.2) is 5.82 Å². The third-order valence-electron chi connectivity index (χ3n) is 6.40. The number of pyridine rings is 1. The standard InChI is InChI=1S/C25H32BrN7O3S/c1-31(2)19-10-13-32(14-11-19)20-8-6-18(7-9-20)28-25-27-17-21(26)23(30-25)29-22-5-4-12-33(24(22)34)15-16-37(3,35)36/h4-9,12,17,19H,10-11,13-16H2,1-3H3,(H2,27,28,29,30). The second-order valence-corrected chi connectivity index (χ2v) is 12.5. The molecule has 0 unspecified atom stereocenters. The molecule has 1 fully saturated rings. The SMILES string of the molecule is CN(C)C1CCN(c2ccc(Nc3ncc(Br)c(Nc4cccn(CCS(C)(=O)=O)c4=O)n3)cc2)CC1. The van der Waals surface area contributed by atoms with Crippen molar-refractivity contribution in [2.75, 3.05) is 54.7 Å². The van der Waals surface area contributed by atoms with Crippen molar-refractivity contribution >= 4 is 54.6 Å². The molecule has 0 radical (unpaired) electrons. The number of benzene rings is 1. The second-order valence-electron chi connectivity index (χ2n) is 9.42. The first-order chi connectivity index (χ1) is 17.6. The van der Waals surface area contributed by atoms with Crippen molar-refractivity contribution in [3.63, 3.8) is 0 Å². The third-order valence-corrected chi connectivity index (χ3v) is 7.91. The molecule has 198 valence electrons. The topological polar surface area (TPSA) is 112 Å². The van der Waals surface area contributed by atoms with E-state index in [0.29, 0.717) is 22.3 Å². The number of hydrogen-bond donors (Lipinski definition) is 2. The number of piperidine rings is 1. The number of sulfone groups is 1. The summed E-state index contributed by atoms with van der Waals surface area (Å²) in [5, 5.41) is 6.25. The summed E-state index contributed by atoms with van der Waals surface area (Å²) < 4.78 is 24.9. The van der Waals surface area contributed by atoms with Crippen LogP contribution in [0.1, 0.15) is 12.8 Å². The molecule has 1 saturated heterocycles. The Balaban J connectivity index is 1.43. The lowest BCUT2D eigenvalue weighted by Crippen LogP contribution is -2.41. The number of anilines is 5. The summed E-state index contributed by atoms with van der Waals surface area (Å²) in [5.74, 6) is 0.670. The molecular weight excluding hydrogens is 558 g/mol. The van der Waals surface area contributed by atoms with Gasteiger partial charge in [-0.2, -0.15) is 4.98 Å². The summed E-state index contributed by atoms with van der Waals surface area (Å²) in [7, 11) is 1.10. The normalized spacial score (nSPS) is 14.7. The molecular formula is C25H32BrN7O3S. The predicted octanol–water partition coefficient (Wildman–Crippen LogP) is 3.46. The number of aryl methyl sites for hydroxylation is 1. The number of hydrogen-bond acceptors (Lipinski definition) is 9. The van der Waals surface area contributed by atoms with E-state index in [1.54, 1.807) is 24.5 Å². The van der Waals surface area contributed by atoms with Crippen LogP contribution in [0.25, 0.3) is 0 Å². The van der Waals surface area contributed by atoms with Crippen molar-refractivity contribution in [1.82, 2.24) is 19.4 Å². The zero-order valence-corrected chi connectivity index (χ0v) is 23.6. The van der Waals surface area contributed by atoms with Crippen molar-refractivity contribution in [2.45, 2.75) is 25.4 Å². The van der Waals surface area contributed by atoms with Gasteiger partial charge in [0.2, 0.25) is 5.95 Å². The minimum absolute atomic E-state index is 0.0780. The van der Waals surface area contributed by atoms with Crippen LogP contribution in [0.4, 0.5) is 28.8 Å². The van der Waals surface area contributed by atoms with Crippen LogP contribution < -0.4 is 21.1 Å². The molecule has 2 N–H and O–H groups in total. The number of aromatic nitrogens is 3. The molecule has 0 aliphatic carbocycles. The molecule has 4 rings (SSSR count). The zero-order valence-electron chi connectivity index (χ0n) is 21.2. The van der Waals surface area contributed by atoms with Crippen LogP contribution in [0, 0.1) is 0 Å². The van der Waals surface area contributed by atoms with Gasteiger partial charge in [0.25, 0.3) is 5.56 Å². The quantitative estimate of drug-likeness (QED) is 0.387. The molecule has 12 heteroatoms. The number of nitrogens with zero attached hydrogens (tertiary/aromatic N) is 5. The van der Waals surface area contributed by atoms with Crippen LogP contribution >= 0.6 is 15.9 Å². The molecule has 3 aromatic rings. The number of nitrogens with one attached hydrogen (secondary N) is 2. The smallest absolute Gasteiger partial charge is 0.274 e. The zero-order chi connectivity index (χ0) is 26.6. The molecule has 10 nitrogen and oxygen atoms in total. The van der Waals surface area contributed by atoms with E-state index in [-0.39, 0.29) is 23.5 Å². The summed E-state index contributed by atoms with van der Waals surface area (Å²) in [4.78, 5) is 26.4. The summed E-state index contributed by atoms with van der Waals surface area (Å²) in [5.41, 5.74) is 1.99. The van der Waals surface area contributed by atoms with Gasteiger partial charge in [-0.05, 0) is 79.3 Å². The van der Waals surface area contributed by atoms with Gasteiger partial charge in [-0.15, -0.1) is 0 Å². The summed E-state index contributed by atoms with van der Waals surface area (Å²) in [6.45, 7) is 2.15. The van der Waals surface area contributed by atoms with E-state index >= 15 is 0 Å². The van der Waals surface area contributed by atoms with Crippen LogP contribution in [-0.4, -0.2) is 73.1 Å². The maximum absolute atomic E-state index is 12.8. The number of halogens is 1. The predicted molar refractivity (Wildman–Crippen MR) is 152 cm³/mol. The van der Waals surface area contributed by atoms with E-state index in [0.717, 1.165) is 37.9 Å². The molecule has 1 aromatic carbocycles. The van der Waals surface area contributed by atoms with Crippen LogP contribution in [0.15, 0.2) is 58.1 Å². The average Bonchev–Trinajstić information content (AvgIpc) is 2.86. The largest absolute Gasteiger partial charge is 0.371 e. The van der Waals surface area contributed by atoms with Gasteiger partial charge in [0.05, 0.1) is 10.2 Å². The summed E-state index contributed by atoms with van der Waals surface area (Å²) in [6.07, 6.45) is 6.62. The van der Waals surface area contributed by atoms with Gasteiger partial charge < -0.3 is 25.0 Å². The second kappa shape index (κ2) is 11.6. The maximum atomic E-state index is 12.8. The van der Waals surface area contributed by atoms with E-state index in [1.807, 2.05) is 12.1 Å². The Morgan fingerprint density at radius 2 is 1.81 bits per heavy atom. The molecule has 1 aliphatic heterocycles. The minimum atomic E-state index is -3.19. The first-order valence-electron chi connectivity index (χ1n) is 12.0. The lowest BCUT2D eigenvalue weighted by atomic mass is 10.0.